The molecule has 0 amide bonds. The highest BCUT2D eigenvalue weighted by molar-refractivity contribution is 9.10. The summed E-state index contributed by atoms with van der Waals surface area (Å²) in [6, 6.07) is 0.891. The third kappa shape index (κ3) is 2.70. The van der Waals surface area contributed by atoms with Crippen LogP contribution in [0.25, 0.3) is 0 Å². The van der Waals surface area contributed by atoms with Gasteiger partial charge in [-0.3, -0.25) is 0 Å². The Morgan fingerprint density at radius 3 is 2.13 bits per heavy atom. The van der Waals surface area contributed by atoms with Crippen LogP contribution >= 0.6 is 15.9 Å². The quantitative estimate of drug-likeness (QED) is 0.603. The van der Waals surface area contributed by atoms with E-state index in [-0.39, 0.29) is 0 Å². The van der Waals surface area contributed by atoms with Crippen molar-refractivity contribution >= 4 is 28.5 Å². The Hall–Kier alpha value is -0.595. The lowest BCUT2D eigenvalue weighted by Crippen LogP contribution is -2.34. The lowest BCUT2D eigenvalue weighted by atomic mass is 9.79. The predicted molar refractivity (Wildman–Crippen MR) is 48.9 cm³/mol. The standard InChI is InChI=1S/C7H4BBrF4O2/c9-5-2-6(10)4(8(14)15)1-3(5)7(11,12)13/h1-2,14-15H. The van der Waals surface area contributed by atoms with Gasteiger partial charge in [-0.1, -0.05) is 15.9 Å². The zero-order chi connectivity index (χ0) is 11.8. The highest BCUT2D eigenvalue weighted by atomic mass is 79.9. The molecule has 0 aromatic heterocycles. The molecule has 0 spiro atoms. The summed E-state index contributed by atoms with van der Waals surface area (Å²) in [5.74, 6) is -1.12. The van der Waals surface area contributed by atoms with Crippen LogP contribution in [0, 0.1) is 5.82 Å². The molecule has 15 heavy (non-hydrogen) atoms. The Bertz CT molecular complexity index is 380. The SMILES string of the molecule is OB(O)c1cc(C(F)(F)F)c(Br)cc1F. The van der Waals surface area contributed by atoms with E-state index in [4.69, 9.17) is 10.0 Å². The number of hydrogen-bond acceptors (Lipinski definition) is 2. The van der Waals surface area contributed by atoms with E-state index in [1.54, 1.807) is 0 Å². The molecule has 0 aliphatic rings. The van der Waals surface area contributed by atoms with Gasteiger partial charge in [-0.2, -0.15) is 13.2 Å². The van der Waals surface area contributed by atoms with E-state index >= 15 is 0 Å². The first-order chi connectivity index (χ1) is 6.73. The fourth-order valence-electron chi connectivity index (χ4n) is 0.981. The van der Waals surface area contributed by atoms with Gasteiger partial charge >= 0.3 is 13.3 Å². The highest BCUT2D eigenvalue weighted by Gasteiger charge is 2.35. The van der Waals surface area contributed by atoms with E-state index in [2.05, 4.69) is 15.9 Å². The van der Waals surface area contributed by atoms with Crippen LogP contribution in [0.2, 0.25) is 0 Å². The zero-order valence-corrected chi connectivity index (χ0v) is 8.60. The Morgan fingerprint density at radius 2 is 1.73 bits per heavy atom. The molecule has 0 aliphatic carbocycles. The molecule has 82 valence electrons. The van der Waals surface area contributed by atoms with Crippen molar-refractivity contribution in [3.8, 4) is 0 Å². The molecule has 0 heterocycles. The van der Waals surface area contributed by atoms with Crippen molar-refractivity contribution in [2.24, 2.45) is 0 Å². The van der Waals surface area contributed by atoms with Crippen molar-refractivity contribution in [1.82, 2.24) is 0 Å². The molecule has 0 radical (unpaired) electrons. The van der Waals surface area contributed by atoms with Crippen molar-refractivity contribution in [2.45, 2.75) is 6.18 Å². The number of benzene rings is 1. The number of hydrogen-bond donors (Lipinski definition) is 2. The van der Waals surface area contributed by atoms with Crippen LogP contribution in [-0.2, 0) is 6.18 Å². The van der Waals surface area contributed by atoms with Crippen molar-refractivity contribution in [3.05, 3.63) is 28.0 Å². The van der Waals surface area contributed by atoms with Crippen LogP contribution in [0.4, 0.5) is 17.6 Å². The highest BCUT2D eigenvalue weighted by Crippen LogP contribution is 2.34. The van der Waals surface area contributed by atoms with Gasteiger partial charge in [0.2, 0.25) is 0 Å². The summed E-state index contributed by atoms with van der Waals surface area (Å²) >= 11 is 2.54. The summed E-state index contributed by atoms with van der Waals surface area (Å²) in [4.78, 5) is 0. The molecule has 8 heteroatoms. The zero-order valence-electron chi connectivity index (χ0n) is 7.02. The average Bonchev–Trinajstić information content (AvgIpc) is 2.00. The molecule has 1 rings (SSSR count). The molecule has 0 unspecified atom stereocenters. The lowest BCUT2D eigenvalue weighted by Gasteiger charge is -2.11. The average molecular weight is 287 g/mol. The van der Waals surface area contributed by atoms with Gasteiger partial charge in [-0.05, 0) is 12.1 Å². The molecule has 2 nitrogen and oxygen atoms in total. The van der Waals surface area contributed by atoms with Gasteiger partial charge in [0.05, 0.1) is 5.56 Å². The van der Waals surface area contributed by atoms with Gasteiger partial charge < -0.3 is 10.0 Å². The largest absolute Gasteiger partial charge is 0.491 e. The first-order valence-corrected chi connectivity index (χ1v) is 4.45. The van der Waals surface area contributed by atoms with Crippen molar-refractivity contribution in [2.75, 3.05) is 0 Å². The molecule has 1 aromatic carbocycles. The fourth-order valence-corrected chi connectivity index (χ4v) is 1.52. The Balaban J connectivity index is 3.37. The molecule has 0 atom stereocenters. The molecule has 0 saturated heterocycles. The second-order valence-corrected chi connectivity index (χ2v) is 3.58. The first-order valence-electron chi connectivity index (χ1n) is 3.65. The van der Waals surface area contributed by atoms with Gasteiger partial charge in [-0.15, -0.1) is 0 Å². The fraction of sp³-hybridized carbons (Fsp3) is 0.143. The third-order valence-corrected chi connectivity index (χ3v) is 2.33. The summed E-state index contributed by atoms with van der Waals surface area (Å²) < 4.78 is 49.4. The minimum Gasteiger partial charge on any atom is -0.423 e. The number of rotatable bonds is 1. The van der Waals surface area contributed by atoms with E-state index in [0.717, 1.165) is 0 Å². The van der Waals surface area contributed by atoms with Crippen LogP contribution in [0.5, 0.6) is 0 Å². The minimum absolute atomic E-state index is 0.351. The molecule has 0 saturated carbocycles. The molecular formula is C7H4BBrF4O2. The predicted octanol–water partition coefficient (Wildman–Crippen LogP) is 1.29. The van der Waals surface area contributed by atoms with Crippen molar-refractivity contribution < 1.29 is 27.6 Å². The number of halogens is 5. The molecule has 1 aromatic rings. The second-order valence-electron chi connectivity index (χ2n) is 2.72. The van der Waals surface area contributed by atoms with Gasteiger partial charge in [0.1, 0.15) is 5.82 Å². The molecule has 0 fully saturated rings. The van der Waals surface area contributed by atoms with Gasteiger partial charge in [0.15, 0.2) is 0 Å². The Labute approximate surface area is 90.8 Å². The normalized spacial score (nSPS) is 11.7. The Kier molecular flexibility index (Phi) is 3.42. The molecular weight excluding hydrogens is 283 g/mol. The first kappa shape index (κ1) is 12.5. The van der Waals surface area contributed by atoms with Crippen LogP contribution in [0.1, 0.15) is 5.56 Å². The van der Waals surface area contributed by atoms with Crippen molar-refractivity contribution in [1.29, 1.82) is 0 Å². The van der Waals surface area contributed by atoms with Crippen LogP contribution in [0.3, 0.4) is 0 Å². The topological polar surface area (TPSA) is 40.5 Å². The maximum Gasteiger partial charge on any atom is 0.491 e. The van der Waals surface area contributed by atoms with E-state index in [1.165, 1.54) is 0 Å². The summed E-state index contributed by atoms with van der Waals surface area (Å²) in [7, 11) is -2.28. The third-order valence-electron chi connectivity index (χ3n) is 1.67. The van der Waals surface area contributed by atoms with E-state index in [9.17, 15) is 17.6 Å². The van der Waals surface area contributed by atoms with E-state index in [0.29, 0.717) is 12.1 Å². The van der Waals surface area contributed by atoms with Crippen LogP contribution in [-0.4, -0.2) is 17.2 Å². The molecule has 0 aliphatic heterocycles. The van der Waals surface area contributed by atoms with Crippen LogP contribution < -0.4 is 5.46 Å². The van der Waals surface area contributed by atoms with Gasteiger partial charge in [0.25, 0.3) is 0 Å². The summed E-state index contributed by atoms with van der Waals surface area (Å²) in [6.07, 6.45) is -4.68. The molecule has 0 bridgehead atoms. The Morgan fingerprint density at radius 1 is 1.20 bits per heavy atom. The smallest absolute Gasteiger partial charge is 0.423 e. The summed E-state index contributed by atoms with van der Waals surface area (Å²) in [6.45, 7) is 0. The maximum absolute atomic E-state index is 13.0. The van der Waals surface area contributed by atoms with Gasteiger partial charge in [-0.25, -0.2) is 4.39 Å². The number of alkyl halides is 3. The maximum atomic E-state index is 13.0. The van der Waals surface area contributed by atoms with E-state index < -0.39 is 34.6 Å². The van der Waals surface area contributed by atoms with E-state index in [1.807, 2.05) is 0 Å². The minimum atomic E-state index is -4.68. The molecule has 2 N–H and O–H groups in total. The monoisotopic (exact) mass is 286 g/mol. The lowest BCUT2D eigenvalue weighted by molar-refractivity contribution is -0.138. The van der Waals surface area contributed by atoms with Crippen LogP contribution in [0.15, 0.2) is 16.6 Å². The van der Waals surface area contributed by atoms with Gasteiger partial charge in [0, 0.05) is 9.94 Å². The van der Waals surface area contributed by atoms with Crippen molar-refractivity contribution in [3.63, 3.8) is 0 Å². The second kappa shape index (κ2) is 4.11. The summed E-state index contributed by atoms with van der Waals surface area (Å²) in [5.41, 5.74) is -1.97. The summed E-state index contributed by atoms with van der Waals surface area (Å²) in [5, 5.41) is 17.2.